The number of hydrogen-bond acceptors (Lipinski definition) is 1. The van der Waals surface area contributed by atoms with Gasteiger partial charge in [-0.2, -0.15) is 0 Å². The van der Waals surface area contributed by atoms with Gasteiger partial charge in [0.2, 0.25) is 0 Å². The quantitative estimate of drug-likeness (QED) is 0.636. The number of carbonyl (C=O) groups excluding carboxylic acids is 1. The highest BCUT2D eigenvalue weighted by molar-refractivity contribution is 5.99. The van der Waals surface area contributed by atoms with Crippen LogP contribution in [0.2, 0.25) is 0 Å². The summed E-state index contributed by atoms with van der Waals surface area (Å²) in [5.41, 5.74) is 1.97. The van der Waals surface area contributed by atoms with Gasteiger partial charge in [0, 0.05) is 5.56 Å². The van der Waals surface area contributed by atoms with Gasteiger partial charge in [0.15, 0.2) is 6.29 Å². The van der Waals surface area contributed by atoms with E-state index < -0.39 is 0 Å². The maximum Gasteiger partial charge on any atom is 0.150 e. The standard InChI is InChI=1S/C12H10O.C2H6/c1-9-4-2-7-12-10(8-13)5-3-6-11(9)12;1-2/h2-8H,1H3;1-2H3. The van der Waals surface area contributed by atoms with Gasteiger partial charge in [-0.3, -0.25) is 4.79 Å². The molecule has 1 nitrogen and oxygen atoms in total. The van der Waals surface area contributed by atoms with Crippen LogP contribution in [0.25, 0.3) is 10.8 Å². The Morgan fingerprint density at radius 1 is 0.933 bits per heavy atom. The third-order valence-electron chi connectivity index (χ3n) is 2.30. The lowest BCUT2D eigenvalue weighted by atomic mass is 10.0. The second-order valence-corrected chi connectivity index (χ2v) is 3.14. The molecule has 0 bridgehead atoms. The van der Waals surface area contributed by atoms with Crippen molar-refractivity contribution in [2.45, 2.75) is 20.8 Å². The van der Waals surface area contributed by atoms with Gasteiger partial charge in [0.25, 0.3) is 0 Å². The van der Waals surface area contributed by atoms with E-state index in [1.165, 1.54) is 5.56 Å². The molecule has 2 aromatic rings. The topological polar surface area (TPSA) is 17.1 Å². The van der Waals surface area contributed by atoms with Crippen molar-refractivity contribution in [2.24, 2.45) is 0 Å². The van der Waals surface area contributed by atoms with Crippen LogP contribution in [-0.4, -0.2) is 6.29 Å². The molecule has 15 heavy (non-hydrogen) atoms. The zero-order valence-electron chi connectivity index (χ0n) is 9.45. The van der Waals surface area contributed by atoms with Crippen LogP contribution in [0.3, 0.4) is 0 Å². The highest BCUT2D eigenvalue weighted by atomic mass is 16.1. The molecule has 0 unspecified atom stereocenters. The van der Waals surface area contributed by atoms with E-state index >= 15 is 0 Å². The molecule has 2 aromatic carbocycles. The summed E-state index contributed by atoms with van der Waals surface area (Å²) in [7, 11) is 0. The van der Waals surface area contributed by atoms with Crippen molar-refractivity contribution in [1.29, 1.82) is 0 Å². The molecule has 0 heterocycles. The van der Waals surface area contributed by atoms with Gasteiger partial charge in [0.05, 0.1) is 0 Å². The van der Waals surface area contributed by atoms with Gasteiger partial charge in [-0.1, -0.05) is 50.2 Å². The largest absolute Gasteiger partial charge is 0.298 e. The van der Waals surface area contributed by atoms with E-state index in [0.29, 0.717) is 0 Å². The van der Waals surface area contributed by atoms with Crippen LogP contribution in [0.4, 0.5) is 0 Å². The predicted octanol–water partition coefficient (Wildman–Crippen LogP) is 3.99. The van der Waals surface area contributed by atoms with Gasteiger partial charge in [-0.15, -0.1) is 0 Å². The van der Waals surface area contributed by atoms with E-state index in [1.54, 1.807) is 0 Å². The predicted molar refractivity (Wildman–Crippen MR) is 65.4 cm³/mol. The monoisotopic (exact) mass is 200 g/mol. The van der Waals surface area contributed by atoms with E-state index in [-0.39, 0.29) is 0 Å². The average Bonchev–Trinajstić information content (AvgIpc) is 2.32. The molecule has 0 fully saturated rings. The fraction of sp³-hybridized carbons (Fsp3) is 0.214. The summed E-state index contributed by atoms with van der Waals surface area (Å²) in [5.74, 6) is 0. The normalized spacial score (nSPS) is 9.27. The van der Waals surface area contributed by atoms with Crippen LogP contribution < -0.4 is 0 Å². The molecule has 0 atom stereocenters. The van der Waals surface area contributed by atoms with Crippen LogP contribution in [0, 0.1) is 6.92 Å². The fourth-order valence-electron chi connectivity index (χ4n) is 1.59. The third kappa shape index (κ3) is 2.24. The molecule has 0 aliphatic carbocycles. The number of aldehydes is 1. The minimum absolute atomic E-state index is 0.765. The lowest BCUT2D eigenvalue weighted by Crippen LogP contribution is -1.84. The molecule has 1 heteroatoms. The third-order valence-corrected chi connectivity index (χ3v) is 2.30. The lowest BCUT2D eigenvalue weighted by molar-refractivity contribution is 0.112. The minimum Gasteiger partial charge on any atom is -0.298 e. The van der Waals surface area contributed by atoms with Gasteiger partial charge >= 0.3 is 0 Å². The molecule has 0 N–H and O–H groups in total. The summed E-state index contributed by atoms with van der Waals surface area (Å²) in [6.07, 6.45) is 0.905. The molecule has 78 valence electrons. The van der Waals surface area contributed by atoms with E-state index in [9.17, 15) is 4.79 Å². The van der Waals surface area contributed by atoms with Gasteiger partial charge in [-0.25, -0.2) is 0 Å². The first-order valence-electron chi connectivity index (χ1n) is 5.26. The van der Waals surface area contributed by atoms with E-state index in [4.69, 9.17) is 0 Å². The van der Waals surface area contributed by atoms with Crippen LogP contribution in [0.1, 0.15) is 29.8 Å². The molecular weight excluding hydrogens is 184 g/mol. The Labute approximate surface area is 90.7 Å². The van der Waals surface area contributed by atoms with Crippen molar-refractivity contribution in [3.63, 3.8) is 0 Å². The smallest absolute Gasteiger partial charge is 0.150 e. The summed E-state index contributed by atoms with van der Waals surface area (Å²) in [5, 5.41) is 2.20. The van der Waals surface area contributed by atoms with Gasteiger partial charge < -0.3 is 0 Å². The SMILES string of the molecule is CC.Cc1cccc2c(C=O)cccc12. The molecular formula is C14H16O. The number of carbonyl (C=O) groups is 1. The second-order valence-electron chi connectivity index (χ2n) is 3.14. The van der Waals surface area contributed by atoms with Crippen LogP contribution in [0.15, 0.2) is 36.4 Å². The Kier molecular flexibility index (Phi) is 4.04. The number of hydrogen-bond donors (Lipinski definition) is 0. The maximum atomic E-state index is 10.7. The van der Waals surface area contributed by atoms with Crippen molar-refractivity contribution in [3.8, 4) is 0 Å². The first-order valence-corrected chi connectivity index (χ1v) is 5.26. The first-order chi connectivity index (χ1) is 7.33. The van der Waals surface area contributed by atoms with E-state index in [2.05, 4.69) is 13.0 Å². The molecule has 0 radical (unpaired) electrons. The summed E-state index contributed by atoms with van der Waals surface area (Å²) < 4.78 is 0. The van der Waals surface area contributed by atoms with Gasteiger partial charge in [-0.05, 0) is 23.3 Å². The van der Waals surface area contributed by atoms with Gasteiger partial charge in [0.1, 0.15) is 0 Å². The van der Waals surface area contributed by atoms with Crippen LogP contribution in [0.5, 0.6) is 0 Å². The molecule has 0 spiro atoms. The number of benzene rings is 2. The Hall–Kier alpha value is -1.63. The Morgan fingerprint density at radius 2 is 1.53 bits per heavy atom. The summed E-state index contributed by atoms with van der Waals surface area (Å²) >= 11 is 0. The zero-order chi connectivity index (χ0) is 11.3. The highest BCUT2D eigenvalue weighted by Gasteiger charge is 1.99. The molecule has 2 rings (SSSR count). The highest BCUT2D eigenvalue weighted by Crippen LogP contribution is 2.20. The Bertz CT molecular complexity index is 458. The molecule has 0 aliphatic rings. The molecule has 0 amide bonds. The minimum atomic E-state index is 0.765. The van der Waals surface area contributed by atoms with Crippen molar-refractivity contribution in [2.75, 3.05) is 0 Å². The van der Waals surface area contributed by atoms with E-state index in [1.807, 2.05) is 44.2 Å². The number of aryl methyl sites for hydroxylation is 1. The Morgan fingerprint density at radius 3 is 2.20 bits per heavy atom. The Balaban J connectivity index is 0.000000531. The van der Waals surface area contributed by atoms with Crippen LogP contribution >= 0.6 is 0 Å². The maximum absolute atomic E-state index is 10.7. The molecule has 0 aliphatic heterocycles. The number of rotatable bonds is 1. The van der Waals surface area contributed by atoms with E-state index in [0.717, 1.165) is 22.6 Å². The molecule has 0 saturated carbocycles. The summed E-state index contributed by atoms with van der Waals surface area (Å²) in [4.78, 5) is 10.7. The average molecular weight is 200 g/mol. The zero-order valence-corrected chi connectivity index (χ0v) is 9.45. The molecule has 0 saturated heterocycles. The van der Waals surface area contributed by atoms with Crippen molar-refractivity contribution >= 4 is 17.1 Å². The fourth-order valence-corrected chi connectivity index (χ4v) is 1.59. The lowest BCUT2D eigenvalue weighted by Gasteiger charge is -2.02. The summed E-state index contributed by atoms with van der Waals surface area (Å²) in [6, 6.07) is 11.8. The van der Waals surface area contributed by atoms with Crippen molar-refractivity contribution in [3.05, 3.63) is 47.5 Å². The van der Waals surface area contributed by atoms with Crippen molar-refractivity contribution < 1.29 is 4.79 Å². The van der Waals surface area contributed by atoms with Crippen molar-refractivity contribution in [1.82, 2.24) is 0 Å². The second kappa shape index (κ2) is 5.30. The molecule has 0 aromatic heterocycles. The van der Waals surface area contributed by atoms with Crippen LogP contribution in [-0.2, 0) is 0 Å². The summed E-state index contributed by atoms with van der Waals surface area (Å²) in [6.45, 7) is 6.05. The first kappa shape index (κ1) is 11.4. The number of fused-ring (bicyclic) bond motifs is 1.